The average Bonchev–Trinajstić information content (AvgIpc) is 2.85. The van der Waals surface area contributed by atoms with Crippen LogP contribution in [0.25, 0.3) is 5.57 Å². The van der Waals surface area contributed by atoms with E-state index in [4.69, 9.17) is 4.74 Å². The molecule has 1 aromatic rings. The van der Waals surface area contributed by atoms with Crippen molar-refractivity contribution in [3.05, 3.63) is 35.6 Å². The smallest absolute Gasteiger partial charge is 0.497 e. The molecule has 1 aliphatic rings. The molecule has 0 fully saturated rings. The molecule has 0 N–H and O–H groups in total. The van der Waals surface area contributed by atoms with E-state index in [0.717, 1.165) is 0 Å². The minimum atomic E-state index is -5.62. The van der Waals surface area contributed by atoms with Crippen LogP contribution < -0.4 is 4.74 Å². The summed E-state index contributed by atoms with van der Waals surface area (Å²) in [6.45, 7) is 0. The van der Waals surface area contributed by atoms with Gasteiger partial charge in [-0.3, -0.25) is 0 Å². The van der Waals surface area contributed by atoms with E-state index >= 15 is 0 Å². The molecular weight excluding hydrogens is 309 g/mol. The number of methoxy groups -OCH3 is 1. The lowest BCUT2D eigenvalue weighted by Crippen LogP contribution is -2.25. The normalized spacial score (nSPS) is 16.2. The Balaban J connectivity index is 2.32. The Morgan fingerprint density at radius 3 is 2.24 bits per heavy atom. The van der Waals surface area contributed by atoms with Gasteiger partial charge in [-0.25, -0.2) is 0 Å². The van der Waals surface area contributed by atoms with E-state index < -0.39 is 15.6 Å². The Hall–Kier alpha value is -1.70. The second-order valence-electron chi connectivity index (χ2n) is 4.47. The lowest BCUT2D eigenvalue weighted by molar-refractivity contribution is -0.0522. The highest BCUT2D eigenvalue weighted by molar-refractivity contribution is 7.87. The molecule has 8 heteroatoms. The highest BCUT2D eigenvalue weighted by Crippen LogP contribution is 2.38. The molecule has 0 amide bonds. The first kappa shape index (κ1) is 15.7. The van der Waals surface area contributed by atoms with Crippen LogP contribution in [0.4, 0.5) is 13.2 Å². The maximum atomic E-state index is 12.4. The first-order chi connectivity index (χ1) is 9.74. The van der Waals surface area contributed by atoms with Gasteiger partial charge >= 0.3 is 15.6 Å². The summed E-state index contributed by atoms with van der Waals surface area (Å²) in [4.78, 5) is 0. The number of rotatable bonds is 4. The number of benzene rings is 1. The summed E-state index contributed by atoms with van der Waals surface area (Å²) in [5.74, 6) is 0.459. The predicted molar refractivity (Wildman–Crippen MR) is 69.8 cm³/mol. The lowest BCUT2D eigenvalue weighted by atomic mass is 10.1. The third-order valence-electron chi connectivity index (χ3n) is 3.10. The second-order valence-corrected chi connectivity index (χ2v) is 6.00. The minimum Gasteiger partial charge on any atom is -0.497 e. The van der Waals surface area contributed by atoms with Gasteiger partial charge in [0.15, 0.2) is 0 Å². The Morgan fingerprint density at radius 1 is 1.10 bits per heavy atom. The van der Waals surface area contributed by atoms with Gasteiger partial charge in [0.1, 0.15) is 11.5 Å². The largest absolute Gasteiger partial charge is 0.534 e. The van der Waals surface area contributed by atoms with Crippen LogP contribution in [0.1, 0.15) is 24.8 Å². The Morgan fingerprint density at radius 2 is 1.71 bits per heavy atom. The first-order valence-electron chi connectivity index (χ1n) is 6.12. The van der Waals surface area contributed by atoms with Crippen LogP contribution >= 0.6 is 0 Å². The molecule has 0 radical (unpaired) electrons. The van der Waals surface area contributed by atoms with E-state index in [1.54, 1.807) is 24.3 Å². The molecule has 1 aliphatic carbocycles. The third kappa shape index (κ3) is 3.31. The quantitative estimate of drug-likeness (QED) is 0.629. The maximum Gasteiger partial charge on any atom is 0.534 e. The zero-order valence-corrected chi connectivity index (χ0v) is 11.9. The molecule has 0 atom stereocenters. The van der Waals surface area contributed by atoms with Crippen molar-refractivity contribution in [3.8, 4) is 5.75 Å². The Bertz CT molecular complexity index is 645. The van der Waals surface area contributed by atoms with E-state index in [1.807, 2.05) is 0 Å². The molecule has 0 bridgehead atoms. The van der Waals surface area contributed by atoms with Gasteiger partial charge in [-0.1, -0.05) is 12.1 Å². The summed E-state index contributed by atoms with van der Waals surface area (Å²) in [5, 5.41) is 0. The van der Waals surface area contributed by atoms with Crippen LogP contribution in [-0.2, 0) is 14.3 Å². The highest BCUT2D eigenvalue weighted by atomic mass is 32.2. The van der Waals surface area contributed by atoms with Crippen molar-refractivity contribution < 1.29 is 30.5 Å². The number of halogens is 3. The molecule has 0 aromatic heterocycles. The molecule has 1 aromatic carbocycles. The zero-order chi connectivity index (χ0) is 15.7. The number of alkyl halides is 3. The van der Waals surface area contributed by atoms with Crippen molar-refractivity contribution in [3.63, 3.8) is 0 Å². The van der Waals surface area contributed by atoms with Crippen molar-refractivity contribution in [1.29, 1.82) is 0 Å². The molecule has 116 valence electrons. The van der Waals surface area contributed by atoms with Crippen LogP contribution in [0.2, 0.25) is 0 Å². The topological polar surface area (TPSA) is 52.6 Å². The summed E-state index contributed by atoms with van der Waals surface area (Å²) in [6.07, 6.45) is 1.18. The van der Waals surface area contributed by atoms with Gasteiger partial charge < -0.3 is 8.92 Å². The molecule has 0 spiro atoms. The van der Waals surface area contributed by atoms with Crippen molar-refractivity contribution in [2.75, 3.05) is 7.11 Å². The van der Waals surface area contributed by atoms with Gasteiger partial charge in [0.2, 0.25) is 0 Å². The van der Waals surface area contributed by atoms with Crippen molar-refractivity contribution in [2.24, 2.45) is 0 Å². The van der Waals surface area contributed by atoms with Gasteiger partial charge in [0, 0.05) is 6.42 Å². The Kier molecular flexibility index (Phi) is 4.18. The van der Waals surface area contributed by atoms with Crippen LogP contribution in [-0.4, -0.2) is 21.0 Å². The van der Waals surface area contributed by atoms with Gasteiger partial charge in [-0.2, -0.15) is 21.6 Å². The standard InChI is InChI=1S/C13H13F3O4S/c1-19-10-7-5-9(6-8-10)11-3-2-4-12(11)20-21(17,18)13(14,15)16/h5-8H,2-4H2,1H3. The number of hydrogen-bond acceptors (Lipinski definition) is 4. The van der Waals surface area contributed by atoms with Crippen molar-refractivity contribution in [1.82, 2.24) is 0 Å². The minimum absolute atomic E-state index is 0.141. The molecule has 4 nitrogen and oxygen atoms in total. The van der Waals surface area contributed by atoms with Gasteiger partial charge in [-0.05, 0) is 36.1 Å². The van der Waals surface area contributed by atoms with E-state index in [2.05, 4.69) is 4.18 Å². The monoisotopic (exact) mass is 322 g/mol. The average molecular weight is 322 g/mol. The first-order valence-corrected chi connectivity index (χ1v) is 7.52. The van der Waals surface area contributed by atoms with Gasteiger partial charge in [0.25, 0.3) is 0 Å². The second kappa shape index (κ2) is 5.59. The molecule has 21 heavy (non-hydrogen) atoms. The summed E-state index contributed by atoms with van der Waals surface area (Å²) in [7, 11) is -4.12. The summed E-state index contributed by atoms with van der Waals surface area (Å²) in [5.41, 5.74) is -4.32. The fourth-order valence-electron chi connectivity index (χ4n) is 2.09. The van der Waals surface area contributed by atoms with E-state index in [9.17, 15) is 21.6 Å². The van der Waals surface area contributed by atoms with Crippen LogP contribution in [0.5, 0.6) is 5.75 Å². The molecule has 0 heterocycles. The summed E-state index contributed by atoms with van der Waals surface area (Å²) >= 11 is 0. The van der Waals surface area contributed by atoms with Crippen molar-refractivity contribution >= 4 is 15.7 Å². The van der Waals surface area contributed by atoms with E-state index in [0.29, 0.717) is 29.7 Å². The SMILES string of the molecule is COc1ccc(C2=C(OS(=O)(=O)C(F)(F)F)CCC2)cc1. The van der Waals surface area contributed by atoms with Gasteiger partial charge in [0.05, 0.1) is 7.11 Å². The molecule has 0 saturated carbocycles. The molecule has 0 unspecified atom stereocenters. The number of allylic oxidation sites excluding steroid dienone is 2. The Labute approximate surface area is 120 Å². The van der Waals surface area contributed by atoms with Crippen LogP contribution in [0, 0.1) is 0 Å². The fraction of sp³-hybridized carbons (Fsp3) is 0.385. The molecule has 0 saturated heterocycles. The van der Waals surface area contributed by atoms with Crippen LogP contribution in [0.3, 0.4) is 0 Å². The number of ether oxygens (including phenoxy) is 1. The maximum absolute atomic E-state index is 12.4. The van der Waals surface area contributed by atoms with Crippen LogP contribution in [0.15, 0.2) is 30.0 Å². The molecular formula is C13H13F3O4S. The summed E-state index contributed by atoms with van der Waals surface area (Å²) < 4.78 is 68.5. The van der Waals surface area contributed by atoms with E-state index in [-0.39, 0.29) is 12.2 Å². The fourth-order valence-corrected chi connectivity index (χ4v) is 2.63. The third-order valence-corrected chi connectivity index (χ3v) is 4.09. The zero-order valence-electron chi connectivity index (χ0n) is 11.1. The predicted octanol–water partition coefficient (Wildman–Crippen LogP) is 3.46. The van der Waals surface area contributed by atoms with Crippen molar-refractivity contribution in [2.45, 2.75) is 24.8 Å². The highest BCUT2D eigenvalue weighted by Gasteiger charge is 2.49. The molecule has 0 aliphatic heterocycles. The molecule has 2 rings (SSSR count). The summed E-state index contributed by atoms with van der Waals surface area (Å²) in [6, 6.07) is 6.61. The number of hydrogen-bond donors (Lipinski definition) is 0. The lowest BCUT2D eigenvalue weighted by Gasteiger charge is -2.12. The van der Waals surface area contributed by atoms with Gasteiger partial charge in [-0.15, -0.1) is 0 Å². The van der Waals surface area contributed by atoms with E-state index in [1.165, 1.54) is 7.11 Å².